The molecule has 180 valence electrons. The van der Waals surface area contributed by atoms with Crippen molar-refractivity contribution >= 4 is 51.7 Å². The third-order valence-corrected chi connectivity index (χ3v) is 8.20. The fraction of sp³-hybridized carbons (Fsp3) is 0.179. The van der Waals surface area contributed by atoms with Crippen molar-refractivity contribution in [3.63, 3.8) is 0 Å². The molecule has 0 atom stereocenters. The molecule has 0 aromatic heterocycles. The summed E-state index contributed by atoms with van der Waals surface area (Å²) in [5, 5.41) is 14.4. The Morgan fingerprint density at radius 3 is 2.50 bits per heavy atom. The summed E-state index contributed by atoms with van der Waals surface area (Å²) in [5.41, 5.74) is 4.09. The molecule has 1 saturated heterocycles. The molecule has 0 unspecified atom stereocenters. The van der Waals surface area contributed by atoms with Gasteiger partial charge in [0.15, 0.2) is 5.17 Å². The Kier molecular flexibility index (Phi) is 6.77. The minimum atomic E-state index is -0.0698. The number of thioether (sulfide) groups is 2. The van der Waals surface area contributed by atoms with Crippen LogP contribution in [0.1, 0.15) is 25.0 Å². The van der Waals surface area contributed by atoms with Crippen molar-refractivity contribution in [2.45, 2.75) is 31.3 Å². The first-order chi connectivity index (χ1) is 17.4. The molecule has 0 bridgehead atoms. The first-order valence-electron chi connectivity index (χ1n) is 11.6. The van der Waals surface area contributed by atoms with Gasteiger partial charge in [-0.1, -0.05) is 54.2 Å². The summed E-state index contributed by atoms with van der Waals surface area (Å²) in [6.45, 7) is 4.52. The van der Waals surface area contributed by atoms with E-state index in [1.165, 1.54) is 11.8 Å². The zero-order valence-corrected chi connectivity index (χ0v) is 21.9. The largest absolute Gasteiger partial charge is 0.381 e. The summed E-state index contributed by atoms with van der Waals surface area (Å²) >= 11 is 2.99. The molecule has 5 rings (SSSR count). The Morgan fingerprint density at radius 1 is 1.03 bits per heavy atom. The second kappa shape index (κ2) is 10.1. The molecule has 2 aliphatic rings. The van der Waals surface area contributed by atoms with Crippen LogP contribution in [-0.4, -0.2) is 29.1 Å². The predicted molar refractivity (Wildman–Crippen MR) is 149 cm³/mol. The number of para-hydroxylation sites is 1. The van der Waals surface area contributed by atoms with Gasteiger partial charge >= 0.3 is 0 Å². The lowest BCUT2D eigenvalue weighted by atomic mass is 10.1. The number of anilines is 2. The normalized spacial score (nSPS) is 18.2. The molecular weight excluding hydrogens is 486 g/mol. The maximum atomic E-state index is 13.8. The van der Waals surface area contributed by atoms with E-state index in [2.05, 4.69) is 42.3 Å². The Hall–Kier alpha value is -3.67. The van der Waals surface area contributed by atoms with E-state index in [9.17, 15) is 10.1 Å². The average molecular weight is 512 g/mol. The summed E-state index contributed by atoms with van der Waals surface area (Å²) in [6.07, 6.45) is 0. The zero-order valence-electron chi connectivity index (χ0n) is 20.2. The Bertz CT molecular complexity index is 1430. The third-order valence-electron chi connectivity index (χ3n) is 5.77. The van der Waals surface area contributed by atoms with Crippen molar-refractivity contribution < 1.29 is 4.79 Å². The summed E-state index contributed by atoms with van der Waals surface area (Å²) < 4.78 is 0. The van der Waals surface area contributed by atoms with Gasteiger partial charge < -0.3 is 10.2 Å². The van der Waals surface area contributed by atoms with Crippen LogP contribution in [0.5, 0.6) is 0 Å². The zero-order chi connectivity index (χ0) is 25.2. The van der Waals surface area contributed by atoms with Crippen LogP contribution in [0.2, 0.25) is 0 Å². The fourth-order valence-electron chi connectivity index (χ4n) is 4.05. The van der Waals surface area contributed by atoms with Gasteiger partial charge in [0, 0.05) is 18.0 Å². The van der Waals surface area contributed by atoms with E-state index in [4.69, 9.17) is 4.99 Å². The monoisotopic (exact) mass is 511 g/mol. The van der Waals surface area contributed by atoms with Crippen molar-refractivity contribution in [3.05, 3.63) is 93.9 Å². The Morgan fingerprint density at radius 2 is 1.78 bits per heavy atom. The van der Waals surface area contributed by atoms with Crippen LogP contribution in [0, 0.1) is 11.3 Å². The van der Waals surface area contributed by atoms with Crippen molar-refractivity contribution in [1.82, 2.24) is 4.90 Å². The molecule has 3 aromatic rings. The number of fused-ring (bicyclic) bond motifs is 1. The van der Waals surface area contributed by atoms with Crippen LogP contribution in [0.15, 0.2) is 92.6 Å². The number of amidine groups is 1. The highest BCUT2D eigenvalue weighted by atomic mass is 32.2. The minimum Gasteiger partial charge on any atom is -0.381 e. The number of hydrogen-bond acceptors (Lipinski definition) is 7. The number of benzene rings is 3. The van der Waals surface area contributed by atoms with Gasteiger partial charge in [0.25, 0.3) is 5.91 Å². The van der Waals surface area contributed by atoms with Crippen LogP contribution < -0.4 is 10.2 Å². The molecule has 2 aliphatic heterocycles. The summed E-state index contributed by atoms with van der Waals surface area (Å²) in [5.74, 6) is -0.0698. The van der Waals surface area contributed by atoms with Crippen LogP contribution in [0.3, 0.4) is 0 Å². The summed E-state index contributed by atoms with van der Waals surface area (Å²) in [6, 6.07) is 25.9. The highest BCUT2D eigenvalue weighted by molar-refractivity contribution is 8.19. The van der Waals surface area contributed by atoms with Gasteiger partial charge in [-0.3, -0.25) is 9.69 Å². The molecule has 3 aromatic carbocycles. The highest BCUT2D eigenvalue weighted by Gasteiger charge is 2.39. The third kappa shape index (κ3) is 4.72. The molecule has 36 heavy (non-hydrogen) atoms. The topological polar surface area (TPSA) is 71.7 Å². The fourth-order valence-corrected chi connectivity index (χ4v) is 6.39. The number of carbonyl (C=O) groups is 1. The van der Waals surface area contributed by atoms with Crippen LogP contribution in [-0.2, 0) is 11.3 Å². The maximum Gasteiger partial charge on any atom is 0.269 e. The number of nitrogens with zero attached hydrogens (tertiary/aromatic N) is 4. The molecule has 0 saturated carbocycles. The van der Waals surface area contributed by atoms with Crippen molar-refractivity contribution in [1.29, 1.82) is 5.26 Å². The molecule has 1 N–H and O–H groups in total. The lowest BCUT2D eigenvalue weighted by Crippen LogP contribution is -2.29. The molecule has 2 heterocycles. The number of amides is 1. The predicted octanol–water partition coefficient (Wildman–Crippen LogP) is 6.55. The molecular formula is C28H25N5OS2. The van der Waals surface area contributed by atoms with Crippen LogP contribution in [0.25, 0.3) is 0 Å². The maximum absolute atomic E-state index is 13.8. The summed E-state index contributed by atoms with van der Waals surface area (Å²) in [7, 11) is 1.99. The first-order valence-corrected chi connectivity index (χ1v) is 13.3. The lowest BCUT2D eigenvalue weighted by molar-refractivity contribution is -0.122. The number of rotatable bonds is 5. The van der Waals surface area contributed by atoms with E-state index in [-0.39, 0.29) is 11.9 Å². The van der Waals surface area contributed by atoms with E-state index in [1.54, 1.807) is 28.8 Å². The van der Waals surface area contributed by atoms with Gasteiger partial charge in [-0.25, -0.2) is 4.99 Å². The van der Waals surface area contributed by atoms with E-state index in [1.807, 2.05) is 55.6 Å². The van der Waals surface area contributed by atoms with Gasteiger partial charge in [-0.15, -0.1) is 0 Å². The quantitative estimate of drug-likeness (QED) is 0.392. The van der Waals surface area contributed by atoms with E-state index in [0.29, 0.717) is 27.9 Å². The van der Waals surface area contributed by atoms with Crippen LogP contribution >= 0.6 is 23.5 Å². The number of carbonyl (C=O) groups excluding carboxylic acids is 1. The molecule has 0 spiro atoms. The van der Waals surface area contributed by atoms with Gasteiger partial charge in [0.1, 0.15) is 4.91 Å². The molecule has 0 radical (unpaired) electrons. The average Bonchev–Trinajstić information content (AvgIpc) is 3.37. The number of hydrogen-bond donors (Lipinski definition) is 1. The second-order valence-corrected chi connectivity index (χ2v) is 10.8. The molecule has 0 aliphatic carbocycles. The second-order valence-electron chi connectivity index (χ2n) is 8.78. The van der Waals surface area contributed by atoms with Gasteiger partial charge in [-0.05, 0) is 61.5 Å². The first kappa shape index (κ1) is 24.0. The van der Waals surface area contributed by atoms with Crippen LogP contribution in [0.4, 0.5) is 17.1 Å². The van der Waals surface area contributed by atoms with Gasteiger partial charge in [-0.2, -0.15) is 5.26 Å². The number of nitriles is 1. The van der Waals surface area contributed by atoms with Crippen molar-refractivity contribution in [3.8, 4) is 6.07 Å². The molecule has 6 nitrogen and oxygen atoms in total. The molecule has 1 fully saturated rings. The van der Waals surface area contributed by atoms with E-state index in [0.717, 1.165) is 26.9 Å². The van der Waals surface area contributed by atoms with E-state index >= 15 is 0 Å². The summed E-state index contributed by atoms with van der Waals surface area (Å²) in [4.78, 5) is 24.4. The lowest BCUT2D eigenvalue weighted by Gasteiger charge is -2.18. The Labute approximate surface area is 219 Å². The van der Waals surface area contributed by atoms with Gasteiger partial charge in [0.05, 0.1) is 40.3 Å². The van der Waals surface area contributed by atoms with Crippen molar-refractivity contribution in [2.24, 2.45) is 4.99 Å². The standard InChI is InChI=1S/C28H25N5OS2/c1-18(2)30-21-14-13-20(16-29)15-22(21)31-28-33(17-19-9-5-4-6-10-19)26(34)25(36-28)27-32(3)23-11-7-8-12-24(23)35-27/h4-15,18,30H,17H2,1-3H3/b27-25-,31-28-. The van der Waals surface area contributed by atoms with Gasteiger partial charge in [0.2, 0.25) is 0 Å². The minimum absolute atomic E-state index is 0.0698. The SMILES string of the molecule is CC(C)Nc1ccc(C#N)cc1/N=C1\S/C(=C2\Sc3ccccc3N2C)C(=O)N1Cc1ccccc1. The molecule has 1 amide bonds. The number of nitrogens with one attached hydrogen (secondary N) is 1. The Balaban J connectivity index is 1.60. The van der Waals surface area contributed by atoms with Crippen molar-refractivity contribution in [2.75, 3.05) is 17.3 Å². The highest BCUT2D eigenvalue weighted by Crippen LogP contribution is 2.50. The van der Waals surface area contributed by atoms with E-state index < -0.39 is 0 Å². The number of aliphatic imine (C=N–C) groups is 1. The molecule has 8 heteroatoms. The smallest absolute Gasteiger partial charge is 0.269 e.